The van der Waals surface area contributed by atoms with Gasteiger partial charge in [0.05, 0.1) is 10.8 Å². The van der Waals surface area contributed by atoms with Crippen molar-refractivity contribution < 1.29 is 23.5 Å². The number of carbonyl (C=O) groups is 3. The van der Waals surface area contributed by atoms with E-state index >= 15 is 0 Å². The molecule has 8 heteroatoms. The summed E-state index contributed by atoms with van der Waals surface area (Å²) in [4.78, 5) is 39.6. The standard InChI is InChI=1S/C24H21FN2O4S/c25-18-7-5-16(6-8-18)23(29)27-13-1-3-17(15-27)24(30)31-20-11-9-19(10-12-20)26-22(28)21-4-2-14-32-21/h2,4-12,14,17H,1,3,13,15H2,(H,26,28). The SMILES string of the molecule is O=C(Nc1ccc(OC(=O)C2CCCN(C(=O)c3ccc(F)cc3)C2)cc1)c1cccs1. The molecular formula is C24H21FN2O4S. The minimum atomic E-state index is -0.439. The number of piperidine rings is 1. The van der Waals surface area contributed by atoms with Crippen molar-refractivity contribution in [1.82, 2.24) is 4.90 Å². The third kappa shape index (κ3) is 5.20. The van der Waals surface area contributed by atoms with Crippen LogP contribution in [0.4, 0.5) is 10.1 Å². The van der Waals surface area contributed by atoms with Crippen LogP contribution in [-0.2, 0) is 4.79 Å². The Labute approximate surface area is 188 Å². The number of benzene rings is 2. The number of halogens is 1. The molecule has 0 bridgehead atoms. The molecule has 1 atom stereocenters. The molecule has 1 N–H and O–H groups in total. The van der Waals surface area contributed by atoms with E-state index in [1.165, 1.54) is 35.6 Å². The van der Waals surface area contributed by atoms with Gasteiger partial charge in [0.15, 0.2) is 0 Å². The number of likely N-dealkylation sites (tertiary alicyclic amines) is 1. The number of hydrogen-bond donors (Lipinski definition) is 1. The van der Waals surface area contributed by atoms with E-state index in [1.807, 2.05) is 11.4 Å². The van der Waals surface area contributed by atoms with Gasteiger partial charge < -0.3 is 15.0 Å². The van der Waals surface area contributed by atoms with Crippen LogP contribution in [0.2, 0.25) is 0 Å². The average Bonchev–Trinajstić information content (AvgIpc) is 3.36. The molecule has 6 nitrogen and oxygen atoms in total. The number of esters is 1. The summed E-state index contributed by atoms with van der Waals surface area (Å²) in [6.45, 7) is 0.794. The van der Waals surface area contributed by atoms with Crippen molar-refractivity contribution in [2.75, 3.05) is 18.4 Å². The largest absolute Gasteiger partial charge is 0.426 e. The van der Waals surface area contributed by atoms with Gasteiger partial charge in [-0.2, -0.15) is 0 Å². The highest BCUT2D eigenvalue weighted by molar-refractivity contribution is 7.12. The second-order valence-electron chi connectivity index (χ2n) is 7.47. The first-order valence-corrected chi connectivity index (χ1v) is 11.1. The second kappa shape index (κ2) is 9.74. The number of nitrogens with one attached hydrogen (secondary N) is 1. The quantitative estimate of drug-likeness (QED) is 0.454. The van der Waals surface area contributed by atoms with Crippen LogP contribution in [0.25, 0.3) is 0 Å². The van der Waals surface area contributed by atoms with Crippen LogP contribution in [-0.4, -0.2) is 35.8 Å². The van der Waals surface area contributed by atoms with Gasteiger partial charge in [-0.15, -0.1) is 11.3 Å². The summed E-state index contributed by atoms with van der Waals surface area (Å²) in [7, 11) is 0. The highest BCUT2D eigenvalue weighted by Gasteiger charge is 2.30. The molecular weight excluding hydrogens is 431 g/mol. The maximum Gasteiger partial charge on any atom is 0.316 e. The topological polar surface area (TPSA) is 75.7 Å². The van der Waals surface area contributed by atoms with Crippen LogP contribution in [0, 0.1) is 11.7 Å². The molecule has 1 aliphatic rings. The number of thiophene rings is 1. The smallest absolute Gasteiger partial charge is 0.316 e. The Morgan fingerprint density at radius 1 is 1.03 bits per heavy atom. The molecule has 0 saturated carbocycles. The summed E-state index contributed by atoms with van der Waals surface area (Å²) < 4.78 is 18.6. The molecule has 4 rings (SSSR count). The molecule has 0 radical (unpaired) electrons. The number of carbonyl (C=O) groups excluding carboxylic acids is 3. The Balaban J connectivity index is 1.33. The summed E-state index contributed by atoms with van der Waals surface area (Å²) >= 11 is 1.35. The van der Waals surface area contributed by atoms with Gasteiger partial charge in [0.1, 0.15) is 11.6 Å². The van der Waals surface area contributed by atoms with Crippen LogP contribution in [0.1, 0.15) is 32.9 Å². The first-order valence-electron chi connectivity index (χ1n) is 10.2. The zero-order valence-corrected chi connectivity index (χ0v) is 17.9. The molecule has 2 aromatic carbocycles. The maximum absolute atomic E-state index is 13.1. The predicted molar refractivity (Wildman–Crippen MR) is 119 cm³/mol. The molecule has 3 aromatic rings. The van der Waals surface area contributed by atoms with Crippen LogP contribution in [0.3, 0.4) is 0 Å². The van der Waals surface area contributed by atoms with E-state index in [0.717, 1.165) is 0 Å². The number of hydrogen-bond acceptors (Lipinski definition) is 5. The van der Waals surface area contributed by atoms with E-state index in [0.29, 0.717) is 41.3 Å². The number of amides is 2. The second-order valence-corrected chi connectivity index (χ2v) is 8.42. The molecule has 2 amide bonds. The van der Waals surface area contributed by atoms with E-state index < -0.39 is 17.7 Å². The molecule has 1 aromatic heterocycles. The fourth-order valence-electron chi connectivity index (χ4n) is 3.54. The van der Waals surface area contributed by atoms with Crippen molar-refractivity contribution in [1.29, 1.82) is 0 Å². The monoisotopic (exact) mass is 452 g/mol. The molecule has 1 saturated heterocycles. The van der Waals surface area contributed by atoms with E-state index in [1.54, 1.807) is 35.2 Å². The van der Waals surface area contributed by atoms with Crippen molar-refractivity contribution >= 4 is 34.8 Å². The summed E-state index contributed by atoms with van der Waals surface area (Å²) in [6.07, 6.45) is 1.31. The predicted octanol–water partition coefficient (Wildman–Crippen LogP) is 4.60. The van der Waals surface area contributed by atoms with Gasteiger partial charge in [-0.05, 0) is 72.8 Å². The molecule has 1 fully saturated rings. The molecule has 0 spiro atoms. The van der Waals surface area contributed by atoms with Gasteiger partial charge in [0.25, 0.3) is 11.8 Å². The highest BCUT2D eigenvalue weighted by Crippen LogP contribution is 2.23. The van der Waals surface area contributed by atoms with Gasteiger partial charge in [-0.1, -0.05) is 6.07 Å². The van der Waals surface area contributed by atoms with Crippen molar-refractivity contribution in [2.24, 2.45) is 5.92 Å². The van der Waals surface area contributed by atoms with Crippen molar-refractivity contribution in [3.8, 4) is 5.75 Å². The zero-order valence-electron chi connectivity index (χ0n) is 17.1. The summed E-state index contributed by atoms with van der Waals surface area (Å²) in [5, 5.41) is 4.62. The Morgan fingerprint density at radius 2 is 1.78 bits per heavy atom. The van der Waals surface area contributed by atoms with Crippen molar-refractivity contribution in [3.05, 3.63) is 82.3 Å². The Bertz CT molecular complexity index is 1100. The third-order valence-corrected chi connectivity index (χ3v) is 6.08. The van der Waals surface area contributed by atoms with Crippen LogP contribution in [0.5, 0.6) is 5.75 Å². The fraction of sp³-hybridized carbons (Fsp3) is 0.208. The van der Waals surface area contributed by atoms with Crippen LogP contribution >= 0.6 is 11.3 Å². The maximum atomic E-state index is 13.1. The van der Waals surface area contributed by atoms with Crippen LogP contribution < -0.4 is 10.1 Å². The fourth-order valence-corrected chi connectivity index (χ4v) is 4.15. The first-order chi connectivity index (χ1) is 15.5. The average molecular weight is 453 g/mol. The van der Waals surface area contributed by atoms with Crippen LogP contribution in [0.15, 0.2) is 66.0 Å². The normalized spacial score (nSPS) is 15.8. The Hall–Kier alpha value is -3.52. The van der Waals surface area contributed by atoms with Crippen molar-refractivity contribution in [2.45, 2.75) is 12.8 Å². The summed E-state index contributed by atoms with van der Waals surface area (Å²) in [6, 6.07) is 15.5. The lowest BCUT2D eigenvalue weighted by atomic mass is 9.97. The van der Waals surface area contributed by atoms with Gasteiger partial charge in [-0.25, -0.2) is 4.39 Å². The summed E-state index contributed by atoms with van der Waals surface area (Å²) in [5.41, 5.74) is 0.984. The number of rotatable bonds is 5. The van der Waals surface area contributed by atoms with Gasteiger partial charge in [0, 0.05) is 24.3 Å². The number of nitrogens with zero attached hydrogens (tertiary/aromatic N) is 1. The number of ether oxygens (including phenoxy) is 1. The molecule has 32 heavy (non-hydrogen) atoms. The van der Waals surface area contributed by atoms with E-state index in [9.17, 15) is 18.8 Å². The van der Waals surface area contributed by atoms with Crippen molar-refractivity contribution in [3.63, 3.8) is 0 Å². The molecule has 164 valence electrons. The van der Waals surface area contributed by atoms with Gasteiger partial charge >= 0.3 is 5.97 Å². The molecule has 0 aliphatic carbocycles. The zero-order chi connectivity index (χ0) is 22.5. The van der Waals surface area contributed by atoms with Gasteiger partial charge in [0.2, 0.25) is 0 Å². The minimum Gasteiger partial charge on any atom is -0.426 e. The lowest BCUT2D eigenvalue weighted by Crippen LogP contribution is -2.43. The molecule has 1 unspecified atom stereocenters. The van der Waals surface area contributed by atoms with E-state index in [-0.39, 0.29) is 18.4 Å². The highest BCUT2D eigenvalue weighted by atomic mass is 32.1. The number of anilines is 1. The van der Waals surface area contributed by atoms with Gasteiger partial charge in [-0.3, -0.25) is 14.4 Å². The molecule has 1 aliphatic heterocycles. The first kappa shape index (κ1) is 21.7. The van der Waals surface area contributed by atoms with E-state index in [4.69, 9.17) is 4.74 Å². The minimum absolute atomic E-state index is 0.196. The summed E-state index contributed by atoms with van der Waals surface area (Å²) in [5.74, 6) is -1.31. The Kier molecular flexibility index (Phi) is 6.61. The third-order valence-electron chi connectivity index (χ3n) is 5.21. The molecule has 2 heterocycles. The van der Waals surface area contributed by atoms with E-state index in [2.05, 4.69) is 5.32 Å². The Morgan fingerprint density at radius 3 is 2.47 bits per heavy atom. The lowest BCUT2D eigenvalue weighted by Gasteiger charge is -2.31. The lowest BCUT2D eigenvalue weighted by molar-refractivity contribution is -0.140.